The quantitative estimate of drug-likeness (QED) is 0.747. The molecule has 9 heteroatoms. The number of H-pyrrole nitrogens is 1. The Hall–Kier alpha value is -1.28. The molecule has 20 heavy (non-hydrogen) atoms. The molecule has 0 spiro atoms. The molecule has 4 N–H and O–H groups in total. The van der Waals surface area contributed by atoms with Gasteiger partial charge in [-0.05, 0) is 19.1 Å². The van der Waals surface area contributed by atoms with Crippen molar-refractivity contribution in [2.75, 3.05) is 5.73 Å². The van der Waals surface area contributed by atoms with Crippen molar-refractivity contribution in [3.63, 3.8) is 0 Å². The summed E-state index contributed by atoms with van der Waals surface area (Å²) in [6, 6.07) is 2.19. The summed E-state index contributed by atoms with van der Waals surface area (Å²) in [6.07, 6.45) is 3.12. The molecule has 0 aliphatic carbocycles. The molecule has 6 nitrogen and oxygen atoms in total. The van der Waals surface area contributed by atoms with E-state index < -0.39 is 16.1 Å². The van der Waals surface area contributed by atoms with Crippen molar-refractivity contribution in [3.8, 4) is 0 Å². The van der Waals surface area contributed by atoms with Gasteiger partial charge in [0.2, 0.25) is 10.0 Å². The Labute approximate surface area is 126 Å². The summed E-state index contributed by atoms with van der Waals surface area (Å²) < 4.78 is 27.2. The second-order valence-electron chi connectivity index (χ2n) is 4.19. The molecule has 2 rings (SSSR count). The molecule has 1 atom stereocenters. The molecule has 0 fully saturated rings. The highest BCUT2D eigenvalue weighted by Crippen LogP contribution is 2.32. The van der Waals surface area contributed by atoms with Crippen molar-refractivity contribution in [3.05, 3.63) is 40.1 Å². The largest absolute Gasteiger partial charge is 0.399 e. The molecular weight excluding hydrogens is 323 g/mol. The predicted octanol–water partition coefficient (Wildman–Crippen LogP) is 2.34. The topological polar surface area (TPSA) is 101 Å². The van der Waals surface area contributed by atoms with Crippen molar-refractivity contribution >= 4 is 38.9 Å². The highest BCUT2D eigenvalue weighted by atomic mass is 35.5. The number of sulfonamides is 1. The van der Waals surface area contributed by atoms with Crippen LogP contribution in [0.5, 0.6) is 0 Å². The van der Waals surface area contributed by atoms with Gasteiger partial charge >= 0.3 is 0 Å². The third-order valence-electron chi connectivity index (χ3n) is 2.64. The number of hydrogen-bond donors (Lipinski definition) is 3. The lowest BCUT2D eigenvalue weighted by atomic mass is 10.2. The van der Waals surface area contributed by atoms with Crippen LogP contribution in [0.1, 0.15) is 18.5 Å². The van der Waals surface area contributed by atoms with E-state index in [9.17, 15) is 8.42 Å². The van der Waals surface area contributed by atoms with Gasteiger partial charge in [0.05, 0.1) is 16.2 Å². The number of nitrogens with one attached hydrogen (secondary N) is 2. The number of nitrogens with zero attached hydrogens (tertiary/aromatic N) is 1. The number of anilines is 1. The predicted molar refractivity (Wildman–Crippen MR) is 78.2 cm³/mol. The first-order chi connectivity index (χ1) is 9.31. The lowest BCUT2D eigenvalue weighted by Crippen LogP contribution is -2.27. The SMILES string of the molecule is CC(NS(=O)(=O)c1c(Cl)cc(N)cc1Cl)c1cn[nH]c1. The van der Waals surface area contributed by atoms with Gasteiger partial charge < -0.3 is 5.73 Å². The number of hydrogen-bond acceptors (Lipinski definition) is 4. The lowest BCUT2D eigenvalue weighted by molar-refractivity contribution is 0.567. The van der Waals surface area contributed by atoms with Gasteiger partial charge in [-0.2, -0.15) is 5.10 Å². The summed E-state index contributed by atoms with van der Waals surface area (Å²) in [7, 11) is -3.87. The first-order valence-corrected chi connectivity index (χ1v) is 7.80. The Bertz CT molecular complexity index is 693. The van der Waals surface area contributed by atoms with E-state index in [0.29, 0.717) is 11.3 Å². The maximum atomic E-state index is 12.3. The maximum Gasteiger partial charge on any atom is 0.244 e. The first-order valence-electron chi connectivity index (χ1n) is 5.57. The summed E-state index contributed by atoms with van der Waals surface area (Å²) in [5, 5.41) is 6.33. The second-order valence-corrected chi connectivity index (χ2v) is 6.65. The van der Waals surface area contributed by atoms with Crippen LogP contribution >= 0.6 is 23.2 Å². The molecule has 0 saturated carbocycles. The second kappa shape index (κ2) is 5.61. The minimum Gasteiger partial charge on any atom is -0.399 e. The Morgan fingerprint density at radius 3 is 2.45 bits per heavy atom. The molecule has 2 aromatic rings. The minimum atomic E-state index is -3.87. The highest BCUT2D eigenvalue weighted by Gasteiger charge is 2.25. The van der Waals surface area contributed by atoms with E-state index in [2.05, 4.69) is 14.9 Å². The van der Waals surface area contributed by atoms with E-state index in [-0.39, 0.29) is 14.9 Å². The van der Waals surface area contributed by atoms with Gasteiger partial charge in [0.15, 0.2) is 0 Å². The minimum absolute atomic E-state index is 0.0260. The zero-order valence-electron chi connectivity index (χ0n) is 10.4. The van der Waals surface area contributed by atoms with Crippen LogP contribution in [-0.2, 0) is 10.0 Å². The molecule has 1 aromatic heterocycles. The smallest absolute Gasteiger partial charge is 0.244 e. The van der Waals surface area contributed by atoms with E-state index in [1.807, 2.05) is 0 Å². The summed E-state index contributed by atoms with van der Waals surface area (Å²) in [6.45, 7) is 1.68. The van der Waals surface area contributed by atoms with Crippen LogP contribution in [0.4, 0.5) is 5.69 Å². The van der Waals surface area contributed by atoms with E-state index in [0.717, 1.165) is 0 Å². The van der Waals surface area contributed by atoms with Crippen molar-refractivity contribution in [2.45, 2.75) is 17.9 Å². The summed E-state index contributed by atoms with van der Waals surface area (Å²) in [4.78, 5) is -0.189. The molecule has 0 amide bonds. The van der Waals surface area contributed by atoms with Gasteiger partial charge in [0.25, 0.3) is 0 Å². The Morgan fingerprint density at radius 2 is 1.95 bits per heavy atom. The normalized spacial score (nSPS) is 13.3. The van der Waals surface area contributed by atoms with E-state index in [1.54, 1.807) is 13.1 Å². The Kier molecular flexibility index (Phi) is 4.24. The van der Waals surface area contributed by atoms with E-state index >= 15 is 0 Å². The fraction of sp³-hybridized carbons (Fsp3) is 0.182. The fourth-order valence-corrected chi connectivity index (χ4v) is 4.16. The number of benzene rings is 1. The average molecular weight is 335 g/mol. The third-order valence-corrected chi connectivity index (χ3v) is 5.10. The lowest BCUT2D eigenvalue weighted by Gasteiger charge is -2.15. The van der Waals surface area contributed by atoms with Crippen molar-refractivity contribution in [2.24, 2.45) is 0 Å². The third kappa shape index (κ3) is 3.06. The Balaban J connectivity index is 2.37. The van der Waals surface area contributed by atoms with Crippen LogP contribution in [0.25, 0.3) is 0 Å². The van der Waals surface area contributed by atoms with Crippen molar-refractivity contribution in [1.29, 1.82) is 0 Å². The van der Waals surface area contributed by atoms with Gasteiger partial charge in [0.1, 0.15) is 4.90 Å². The highest BCUT2D eigenvalue weighted by molar-refractivity contribution is 7.89. The summed E-state index contributed by atoms with van der Waals surface area (Å²) in [5.41, 5.74) is 6.54. The molecule has 0 bridgehead atoms. The van der Waals surface area contributed by atoms with Crippen LogP contribution in [0.2, 0.25) is 10.0 Å². The zero-order valence-corrected chi connectivity index (χ0v) is 12.7. The van der Waals surface area contributed by atoms with Crippen LogP contribution in [0.15, 0.2) is 29.4 Å². The van der Waals surface area contributed by atoms with Gasteiger partial charge in [-0.15, -0.1) is 0 Å². The number of aromatic amines is 1. The standard InChI is InChI=1S/C11H12Cl2N4O2S/c1-6(7-4-15-16-5-7)17-20(18,19)11-9(12)2-8(14)3-10(11)13/h2-6,17H,14H2,1H3,(H,15,16). The molecular formula is C11H12Cl2N4O2S. The number of nitrogens with two attached hydrogens (primary N) is 1. The van der Waals surface area contributed by atoms with Crippen molar-refractivity contribution < 1.29 is 8.42 Å². The number of rotatable bonds is 4. The molecule has 1 unspecified atom stereocenters. The van der Waals surface area contributed by atoms with Crippen LogP contribution < -0.4 is 10.5 Å². The van der Waals surface area contributed by atoms with Crippen molar-refractivity contribution in [1.82, 2.24) is 14.9 Å². The summed E-state index contributed by atoms with van der Waals surface area (Å²) in [5.74, 6) is 0. The molecule has 1 aromatic carbocycles. The summed E-state index contributed by atoms with van der Waals surface area (Å²) >= 11 is 11.9. The molecule has 0 saturated heterocycles. The van der Waals surface area contributed by atoms with Gasteiger partial charge in [0, 0.05) is 23.5 Å². The monoisotopic (exact) mass is 334 g/mol. The number of halogens is 2. The molecule has 0 aliphatic rings. The number of aromatic nitrogens is 2. The van der Waals surface area contributed by atoms with Crippen LogP contribution in [-0.4, -0.2) is 18.6 Å². The van der Waals surface area contributed by atoms with Gasteiger partial charge in [-0.3, -0.25) is 5.10 Å². The molecule has 0 aliphatic heterocycles. The average Bonchev–Trinajstić information content (AvgIpc) is 2.78. The number of nitrogen functional groups attached to an aromatic ring is 1. The first kappa shape index (κ1) is 15.1. The van der Waals surface area contributed by atoms with Crippen LogP contribution in [0.3, 0.4) is 0 Å². The van der Waals surface area contributed by atoms with Gasteiger partial charge in [-0.1, -0.05) is 23.2 Å². The molecule has 108 valence electrons. The zero-order chi connectivity index (χ0) is 14.9. The Morgan fingerprint density at radius 1 is 1.35 bits per heavy atom. The maximum absolute atomic E-state index is 12.3. The molecule has 0 radical (unpaired) electrons. The van der Waals surface area contributed by atoms with E-state index in [4.69, 9.17) is 28.9 Å². The van der Waals surface area contributed by atoms with Gasteiger partial charge in [-0.25, -0.2) is 13.1 Å². The van der Waals surface area contributed by atoms with Crippen LogP contribution in [0, 0.1) is 0 Å². The fourth-order valence-electron chi connectivity index (χ4n) is 1.69. The molecule has 1 heterocycles. The van der Waals surface area contributed by atoms with E-state index in [1.165, 1.54) is 18.3 Å².